The van der Waals surface area contributed by atoms with Gasteiger partial charge in [0.05, 0.1) is 12.7 Å². The Hall–Kier alpha value is -3.39. The van der Waals surface area contributed by atoms with Crippen LogP contribution in [0.1, 0.15) is 50.7 Å². The van der Waals surface area contributed by atoms with Gasteiger partial charge in [-0.1, -0.05) is 48.5 Å². The molecule has 0 saturated carbocycles. The number of morpholine rings is 1. The van der Waals surface area contributed by atoms with E-state index >= 15 is 0 Å². The molecule has 2 aromatic rings. The first-order chi connectivity index (χ1) is 16.7. The molecule has 2 aliphatic rings. The van der Waals surface area contributed by atoms with E-state index in [9.17, 15) is 19.5 Å². The number of aliphatic carboxylic acids is 1. The summed E-state index contributed by atoms with van der Waals surface area (Å²) in [4.78, 5) is 38.4. The number of amides is 2. The molecule has 0 radical (unpaired) electrons. The van der Waals surface area contributed by atoms with Crippen molar-refractivity contribution in [1.82, 2.24) is 10.2 Å². The van der Waals surface area contributed by atoms with Crippen molar-refractivity contribution >= 4 is 18.0 Å². The maximum Gasteiger partial charge on any atom is 0.407 e. The highest BCUT2D eigenvalue weighted by Crippen LogP contribution is 2.44. The molecule has 1 fully saturated rings. The van der Waals surface area contributed by atoms with Gasteiger partial charge >= 0.3 is 12.1 Å². The van der Waals surface area contributed by atoms with Gasteiger partial charge in [-0.2, -0.15) is 0 Å². The summed E-state index contributed by atoms with van der Waals surface area (Å²) in [6.07, 6.45) is -0.675. The fourth-order valence-corrected chi connectivity index (χ4v) is 4.97. The summed E-state index contributed by atoms with van der Waals surface area (Å²) in [5.41, 5.74) is 3.88. The van der Waals surface area contributed by atoms with E-state index in [4.69, 9.17) is 9.47 Å². The van der Waals surface area contributed by atoms with Crippen LogP contribution < -0.4 is 5.32 Å². The molecule has 2 unspecified atom stereocenters. The van der Waals surface area contributed by atoms with E-state index < -0.39 is 29.7 Å². The van der Waals surface area contributed by atoms with E-state index in [0.717, 1.165) is 22.3 Å². The van der Waals surface area contributed by atoms with E-state index in [0.29, 0.717) is 13.0 Å². The van der Waals surface area contributed by atoms with Crippen LogP contribution in [0.3, 0.4) is 0 Å². The van der Waals surface area contributed by atoms with Gasteiger partial charge in [-0.3, -0.25) is 4.79 Å². The van der Waals surface area contributed by atoms with E-state index in [1.807, 2.05) is 38.1 Å². The number of alkyl carbamates (subject to hydrolysis) is 1. The predicted molar refractivity (Wildman–Crippen MR) is 130 cm³/mol. The number of hydrogen-bond donors (Lipinski definition) is 2. The van der Waals surface area contributed by atoms with Crippen LogP contribution in [-0.4, -0.2) is 65.4 Å². The maximum atomic E-state index is 12.8. The fourth-order valence-electron chi connectivity index (χ4n) is 4.97. The Morgan fingerprint density at radius 2 is 1.69 bits per heavy atom. The van der Waals surface area contributed by atoms with Crippen molar-refractivity contribution < 1.29 is 29.0 Å². The molecule has 2 N–H and O–H groups in total. The van der Waals surface area contributed by atoms with Crippen molar-refractivity contribution in [3.8, 4) is 11.1 Å². The molecule has 4 rings (SSSR count). The number of carboxylic acids is 1. The van der Waals surface area contributed by atoms with Crippen molar-refractivity contribution in [2.75, 3.05) is 19.8 Å². The maximum absolute atomic E-state index is 12.8. The highest BCUT2D eigenvalue weighted by molar-refractivity contribution is 5.84. The number of hydrogen-bond acceptors (Lipinski definition) is 5. The number of carboxylic acid groups (broad SMARTS) is 1. The van der Waals surface area contributed by atoms with Gasteiger partial charge in [-0.25, -0.2) is 9.59 Å². The highest BCUT2D eigenvalue weighted by Gasteiger charge is 2.38. The third-order valence-electron chi connectivity index (χ3n) is 6.81. The van der Waals surface area contributed by atoms with E-state index in [2.05, 4.69) is 29.6 Å². The number of carbonyl (C=O) groups is 3. The van der Waals surface area contributed by atoms with Crippen molar-refractivity contribution in [3.05, 3.63) is 59.7 Å². The second-order valence-corrected chi connectivity index (χ2v) is 9.78. The Morgan fingerprint density at radius 3 is 2.29 bits per heavy atom. The van der Waals surface area contributed by atoms with Gasteiger partial charge in [-0.05, 0) is 49.4 Å². The number of rotatable bonds is 7. The number of nitrogens with zero attached hydrogens (tertiary/aromatic N) is 1. The first-order valence-corrected chi connectivity index (χ1v) is 11.9. The average molecular weight is 481 g/mol. The second kappa shape index (κ2) is 10.1. The summed E-state index contributed by atoms with van der Waals surface area (Å²) in [5.74, 6) is -1.38. The molecule has 0 bridgehead atoms. The van der Waals surface area contributed by atoms with Crippen molar-refractivity contribution in [2.45, 2.75) is 57.2 Å². The van der Waals surface area contributed by atoms with Crippen LogP contribution >= 0.6 is 0 Å². The van der Waals surface area contributed by atoms with Gasteiger partial charge in [0, 0.05) is 24.4 Å². The molecule has 1 aliphatic carbocycles. The van der Waals surface area contributed by atoms with E-state index in [-0.39, 0.29) is 31.4 Å². The summed E-state index contributed by atoms with van der Waals surface area (Å²) >= 11 is 0. The molecule has 0 aromatic heterocycles. The van der Waals surface area contributed by atoms with E-state index in [1.165, 1.54) is 4.90 Å². The molecule has 1 saturated heterocycles. The molecular formula is C27H32N2O6. The number of benzene rings is 2. The Labute approximate surface area is 205 Å². The Balaban J connectivity index is 1.32. The van der Waals surface area contributed by atoms with Crippen LogP contribution in [-0.2, 0) is 19.1 Å². The van der Waals surface area contributed by atoms with E-state index in [1.54, 1.807) is 6.92 Å². The zero-order valence-corrected chi connectivity index (χ0v) is 20.3. The van der Waals surface area contributed by atoms with Crippen LogP contribution in [0, 0.1) is 0 Å². The third-order valence-corrected chi connectivity index (χ3v) is 6.81. The lowest BCUT2D eigenvalue weighted by Crippen LogP contribution is -2.56. The smallest absolute Gasteiger partial charge is 0.407 e. The molecule has 8 heteroatoms. The average Bonchev–Trinajstić information content (AvgIpc) is 3.14. The van der Waals surface area contributed by atoms with Gasteiger partial charge in [0.15, 0.2) is 6.04 Å². The van der Waals surface area contributed by atoms with Crippen LogP contribution in [0.2, 0.25) is 0 Å². The Morgan fingerprint density at radius 1 is 1.09 bits per heavy atom. The number of ether oxygens (including phenoxy) is 2. The molecule has 35 heavy (non-hydrogen) atoms. The van der Waals surface area contributed by atoms with Crippen LogP contribution in [0.15, 0.2) is 48.5 Å². The van der Waals surface area contributed by atoms with Gasteiger partial charge in [-0.15, -0.1) is 0 Å². The van der Waals surface area contributed by atoms with Gasteiger partial charge in [0.2, 0.25) is 5.91 Å². The molecule has 2 atom stereocenters. The zero-order valence-electron chi connectivity index (χ0n) is 20.3. The molecule has 1 heterocycles. The summed E-state index contributed by atoms with van der Waals surface area (Å²) in [7, 11) is 0. The molecule has 2 aromatic carbocycles. The molecule has 186 valence electrons. The number of carbonyl (C=O) groups excluding carboxylic acids is 2. The highest BCUT2D eigenvalue weighted by atomic mass is 16.5. The largest absolute Gasteiger partial charge is 0.480 e. The molecule has 8 nitrogen and oxygen atoms in total. The first kappa shape index (κ1) is 24.7. The summed E-state index contributed by atoms with van der Waals surface area (Å²) < 4.78 is 11.0. The standard InChI is InChI=1S/C27H32N2O6/c1-17-24(25(31)32)29(14-15-34-17)23(30)12-13-27(2,3)28-26(33)35-16-22-20-10-6-4-8-18(20)19-9-5-7-11-21(19)22/h4-11,17,22,24H,12-16H2,1-3H3,(H,28,33)(H,31,32). The summed E-state index contributed by atoms with van der Waals surface area (Å²) in [6, 6.07) is 15.3. The van der Waals surface area contributed by atoms with Gasteiger partial charge < -0.3 is 24.8 Å². The normalized spacial score (nSPS) is 19.6. The molecule has 1 aliphatic heterocycles. The first-order valence-electron chi connectivity index (χ1n) is 11.9. The third kappa shape index (κ3) is 5.32. The monoisotopic (exact) mass is 480 g/mol. The van der Waals surface area contributed by atoms with Crippen LogP contribution in [0.5, 0.6) is 0 Å². The molecular weight excluding hydrogens is 448 g/mol. The van der Waals surface area contributed by atoms with Crippen molar-refractivity contribution in [2.24, 2.45) is 0 Å². The minimum absolute atomic E-state index is 0.0332. The van der Waals surface area contributed by atoms with Crippen molar-refractivity contribution in [1.29, 1.82) is 0 Å². The minimum atomic E-state index is -1.08. The van der Waals surface area contributed by atoms with Crippen LogP contribution in [0.25, 0.3) is 11.1 Å². The summed E-state index contributed by atoms with van der Waals surface area (Å²) in [6.45, 7) is 6.04. The Kier molecular flexibility index (Phi) is 7.12. The molecule has 0 spiro atoms. The lowest BCUT2D eigenvalue weighted by atomic mass is 9.97. The lowest BCUT2D eigenvalue weighted by Gasteiger charge is -2.37. The number of fused-ring (bicyclic) bond motifs is 3. The molecule has 2 amide bonds. The van der Waals surface area contributed by atoms with Crippen molar-refractivity contribution in [3.63, 3.8) is 0 Å². The van der Waals surface area contributed by atoms with Gasteiger partial charge in [0.1, 0.15) is 6.61 Å². The van der Waals surface area contributed by atoms with Gasteiger partial charge in [0.25, 0.3) is 0 Å². The SMILES string of the molecule is CC1OCCN(C(=O)CCC(C)(C)NC(=O)OCC2c3ccccc3-c3ccccc32)C1C(=O)O. The lowest BCUT2D eigenvalue weighted by molar-refractivity contribution is -0.164. The second-order valence-electron chi connectivity index (χ2n) is 9.78. The topological polar surface area (TPSA) is 105 Å². The number of nitrogens with one attached hydrogen (secondary N) is 1. The summed E-state index contributed by atoms with van der Waals surface area (Å²) in [5, 5.41) is 12.4. The zero-order chi connectivity index (χ0) is 25.2. The fraction of sp³-hybridized carbons (Fsp3) is 0.444. The quantitative estimate of drug-likeness (QED) is 0.625. The predicted octanol–water partition coefficient (Wildman–Crippen LogP) is 3.78. The van der Waals surface area contributed by atoms with Crippen LogP contribution in [0.4, 0.5) is 4.79 Å². The minimum Gasteiger partial charge on any atom is -0.480 e. The Bertz CT molecular complexity index is 1070.